The maximum Gasteiger partial charge on any atom is 0.217 e. The Kier molecular flexibility index (Phi) is 4.37. The number of benzene rings is 1. The minimum Gasteiger partial charge on any atom is -0.352 e. The normalized spacial score (nSPS) is 20.7. The number of carbonyl (C=O) groups is 1. The van der Waals surface area contributed by atoms with E-state index in [0.29, 0.717) is 6.04 Å². The van der Waals surface area contributed by atoms with Crippen LogP contribution in [0.2, 0.25) is 0 Å². The Morgan fingerprint density at radius 3 is 2.94 bits per heavy atom. The average molecular weight is 246 g/mol. The Hall–Kier alpha value is -1.35. The van der Waals surface area contributed by atoms with E-state index in [2.05, 4.69) is 41.4 Å². The second-order valence-electron chi connectivity index (χ2n) is 5.20. The fourth-order valence-corrected chi connectivity index (χ4v) is 2.63. The Bertz CT molecular complexity index is 417. The van der Waals surface area contributed by atoms with Crippen molar-refractivity contribution in [3.05, 3.63) is 35.4 Å². The molecule has 1 aromatic rings. The van der Waals surface area contributed by atoms with Crippen LogP contribution in [0.1, 0.15) is 30.9 Å². The molecular formula is C15H22N2O. The summed E-state index contributed by atoms with van der Waals surface area (Å²) in [5, 5.41) is 3.03. The number of hydrogen-bond acceptors (Lipinski definition) is 2. The average Bonchev–Trinajstić information content (AvgIpc) is 2.32. The molecule has 0 radical (unpaired) electrons. The highest BCUT2D eigenvalue weighted by Gasteiger charge is 2.20. The molecule has 1 saturated heterocycles. The molecule has 0 aliphatic carbocycles. The van der Waals surface area contributed by atoms with Gasteiger partial charge in [0.1, 0.15) is 0 Å². The maximum atomic E-state index is 11.1. The second-order valence-corrected chi connectivity index (χ2v) is 5.20. The fraction of sp³-hybridized carbons (Fsp3) is 0.533. The number of amides is 1. The minimum absolute atomic E-state index is 0.0812. The molecular weight excluding hydrogens is 224 g/mol. The van der Waals surface area contributed by atoms with E-state index < -0.39 is 0 Å². The zero-order chi connectivity index (χ0) is 13.0. The number of likely N-dealkylation sites (tertiary alicyclic amines) is 1. The lowest BCUT2D eigenvalue weighted by molar-refractivity contribution is -0.120. The predicted octanol–water partition coefficient (Wildman–Crippen LogP) is 2.10. The van der Waals surface area contributed by atoms with Crippen molar-refractivity contribution in [2.45, 2.75) is 39.3 Å². The van der Waals surface area contributed by atoms with E-state index in [9.17, 15) is 4.79 Å². The molecule has 1 aliphatic rings. The zero-order valence-electron chi connectivity index (χ0n) is 11.3. The predicted molar refractivity (Wildman–Crippen MR) is 73.3 cm³/mol. The summed E-state index contributed by atoms with van der Waals surface area (Å²) in [6.07, 6.45) is 2.26. The van der Waals surface area contributed by atoms with Crippen LogP contribution in [-0.2, 0) is 11.3 Å². The van der Waals surface area contributed by atoms with Crippen LogP contribution in [0, 0.1) is 6.92 Å². The van der Waals surface area contributed by atoms with E-state index >= 15 is 0 Å². The zero-order valence-corrected chi connectivity index (χ0v) is 11.3. The SMILES string of the molecule is CC(=O)NC1CCCN(Cc2ccccc2C)C1. The lowest BCUT2D eigenvalue weighted by Crippen LogP contribution is -2.46. The lowest BCUT2D eigenvalue weighted by atomic mass is 10.0. The third-order valence-corrected chi connectivity index (χ3v) is 3.57. The number of nitrogens with one attached hydrogen (secondary N) is 1. The van der Waals surface area contributed by atoms with Gasteiger partial charge >= 0.3 is 0 Å². The van der Waals surface area contributed by atoms with Crippen molar-refractivity contribution >= 4 is 5.91 Å². The number of hydrogen-bond donors (Lipinski definition) is 1. The van der Waals surface area contributed by atoms with Gasteiger partial charge in [-0.25, -0.2) is 0 Å². The Morgan fingerprint density at radius 1 is 1.44 bits per heavy atom. The van der Waals surface area contributed by atoms with Crippen molar-refractivity contribution in [1.82, 2.24) is 10.2 Å². The highest BCUT2D eigenvalue weighted by molar-refractivity contribution is 5.73. The van der Waals surface area contributed by atoms with Gasteiger partial charge in [-0.05, 0) is 37.4 Å². The molecule has 2 rings (SSSR count). The van der Waals surface area contributed by atoms with E-state index in [1.807, 2.05) is 0 Å². The molecule has 1 heterocycles. The summed E-state index contributed by atoms with van der Waals surface area (Å²) in [6, 6.07) is 8.84. The number of carbonyl (C=O) groups excluding carboxylic acids is 1. The molecule has 1 aliphatic heterocycles. The summed E-state index contributed by atoms with van der Waals surface area (Å²) in [4.78, 5) is 13.5. The van der Waals surface area contributed by atoms with E-state index in [1.54, 1.807) is 6.92 Å². The van der Waals surface area contributed by atoms with Crippen molar-refractivity contribution in [1.29, 1.82) is 0 Å². The first-order valence-electron chi connectivity index (χ1n) is 6.69. The summed E-state index contributed by atoms with van der Waals surface area (Å²) < 4.78 is 0. The molecule has 0 spiro atoms. The van der Waals surface area contributed by atoms with Crippen LogP contribution in [0.15, 0.2) is 24.3 Å². The Labute approximate surface area is 109 Å². The summed E-state index contributed by atoms with van der Waals surface area (Å²) in [5.74, 6) is 0.0812. The van der Waals surface area contributed by atoms with Gasteiger partial charge in [-0.3, -0.25) is 9.69 Å². The second kappa shape index (κ2) is 6.01. The van der Waals surface area contributed by atoms with Gasteiger partial charge in [-0.1, -0.05) is 24.3 Å². The summed E-state index contributed by atoms with van der Waals surface area (Å²) in [6.45, 7) is 6.84. The first-order chi connectivity index (χ1) is 8.65. The van der Waals surface area contributed by atoms with Gasteiger partial charge in [0.2, 0.25) is 5.91 Å². The molecule has 1 amide bonds. The van der Waals surface area contributed by atoms with Crippen molar-refractivity contribution in [3.8, 4) is 0 Å². The van der Waals surface area contributed by atoms with Crippen LogP contribution in [0.25, 0.3) is 0 Å². The topological polar surface area (TPSA) is 32.3 Å². The van der Waals surface area contributed by atoms with Gasteiger partial charge < -0.3 is 5.32 Å². The third kappa shape index (κ3) is 3.57. The minimum atomic E-state index is 0.0812. The molecule has 0 aromatic heterocycles. The van der Waals surface area contributed by atoms with Gasteiger partial charge in [0.15, 0.2) is 0 Å². The van der Waals surface area contributed by atoms with Crippen molar-refractivity contribution in [2.24, 2.45) is 0 Å². The van der Waals surface area contributed by atoms with Gasteiger partial charge in [0, 0.05) is 26.1 Å². The molecule has 1 fully saturated rings. The van der Waals surface area contributed by atoms with E-state index in [-0.39, 0.29) is 5.91 Å². The number of piperidine rings is 1. The Morgan fingerprint density at radius 2 is 2.22 bits per heavy atom. The van der Waals surface area contributed by atoms with E-state index in [4.69, 9.17) is 0 Å². The fourth-order valence-electron chi connectivity index (χ4n) is 2.63. The number of rotatable bonds is 3. The first-order valence-corrected chi connectivity index (χ1v) is 6.69. The van der Waals surface area contributed by atoms with Crippen molar-refractivity contribution in [3.63, 3.8) is 0 Å². The quantitative estimate of drug-likeness (QED) is 0.885. The highest BCUT2D eigenvalue weighted by Crippen LogP contribution is 2.15. The third-order valence-electron chi connectivity index (χ3n) is 3.57. The van der Waals surface area contributed by atoms with Gasteiger partial charge in [0.25, 0.3) is 0 Å². The molecule has 3 heteroatoms. The van der Waals surface area contributed by atoms with E-state index in [0.717, 1.165) is 32.5 Å². The van der Waals surface area contributed by atoms with Crippen LogP contribution in [0.5, 0.6) is 0 Å². The van der Waals surface area contributed by atoms with Crippen LogP contribution in [0.3, 0.4) is 0 Å². The van der Waals surface area contributed by atoms with Gasteiger partial charge in [0.05, 0.1) is 0 Å². The summed E-state index contributed by atoms with van der Waals surface area (Å²) in [7, 11) is 0. The molecule has 0 bridgehead atoms. The van der Waals surface area contributed by atoms with Crippen LogP contribution in [0.4, 0.5) is 0 Å². The summed E-state index contributed by atoms with van der Waals surface area (Å²) in [5.41, 5.74) is 2.74. The van der Waals surface area contributed by atoms with Crippen molar-refractivity contribution in [2.75, 3.05) is 13.1 Å². The van der Waals surface area contributed by atoms with Crippen LogP contribution >= 0.6 is 0 Å². The van der Waals surface area contributed by atoms with E-state index in [1.165, 1.54) is 11.1 Å². The molecule has 1 N–H and O–H groups in total. The number of aryl methyl sites for hydroxylation is 1. The standard InChI is InChI=1S/C15H22N2O/c1-12-6-3-4-7-14(12)10-17-9-5-8-15(11-17)16-13(2)18/h3-4,6-7,15H,5,8-11H2,1-2H3,(H,16,18). The Balaban J connectivity index is 1.93. The van der Waals surface area contributed by atoms with Crippen LogP contribution < -0.4 is 5.32 Å². The lowest BCUT2D eigenvalue weighted by Gasteiger charge is -2.33. The maximum absolute atomic E-state index is 11.1. The van der Waals surface area contributed by atoms with Crippen molar-refractivity contribution < 1.29 is 4.79 Å². The molecule has 3 nitrogen and oxygen atoms in total. The van der Waals surface area contributed by atoms with Gasteiger partial charge in [-0.15, -0.1) is 0 Å². The molecule has 1 aromatic carbocycles. The van der Waals surface area contributed by atoms with Gasteiger partial charge in [-0.2, -0.15) is 0 Å². The molecule has 18 heavy (non-hydrogen) atoms. The highest BCUT2D eigenvalue weighted by atomic mass is 16.1. The molecule has 1 atom stereocenters. The molecule has 98 valence electrons. The first kappa shape index (κ1) is 13.1. The molecule has 0 saturated carbocycles. The number of nitrogens with zero attached hydrogens (tertiary/aromatic N) is 1. The molecule has 1 unspecified atom stereocenters. The largest absolute Gasteiger partial charge is 0.352 e. The summed E-state index contributed by atoms with van der Waals surface area (Å²) >= 11 is 0. The van der Waals surface area contributed by atoms with Crippen LogP contribution in [-0.4, -0.2) is 29.9 Å². The monoisotopic (exact) mass is 246 g/mol. The smallest absolute Gasteiger partial charge is 0.217 e.